The Morgan fingerprint density at radius 3 is 2.65 bits per heavy atom. The summed E-state index contributed by atoms with van der Waals surface area (Å²) in [5.74, 6) is -0.947. The molecule has 0 aromatic heterocycles. The van der Waals surface area contributed by atoms with Crippen LogP contribution in [-0.4, -0.2) is 24.2 Å². The fraction of sp³-hybridized carbons (Fsp3) is 0.308. The molecule has 0 radical (unpaired) electrons. The van der Waals surface area contributed by atoms with E-state index in [0.29, 0.717) is 23.8 Å². The van der Waals surface area contributed by atoms with Gasteiger partial charge >= 0.3 is 5.97 Å². The summed E-state index contributed by atoms with van der Waals surface area (Å²) < 4.78 is 0. The van der Waals surface area contributed by atoms with Gasteiger partial charge in [0.1, 0.15) is 0 Å². The molecule has 0 atom stereocenters. The monoisotopic (exact) mass is 253 g/mol. The van der Waals surface area contributed by atoms with Crippen LogP contribution in [0.3, 0.4) is 0 Å². The fourth-order valence-corrected chi connectivity index (χ4v) is 1.81. The van der Waals surface area contributed by atoms with E-state index in [1.165, 1.54) is 6.07 Å². The van der Waals surface area contributed by atoms with E-state index in [0.717, 1.165) is 5.57 Å². The van der Waals surface area contributed by atoms with Crippen molar-refractivity contribution in [2.24, 2.45) is 0 Å². The Labute approximate surface area is 106 Å². The smallest absolute Gasteiger partial charge is 0.337 e. The second-order valence-corrected chi connectivity index (χ2v) is 4.37. The summed E-state index contributed by atoms with van der Waals surface area (Å²) >= 11 is 5.92. The second-order valence-electron chi connectivity index (χ2n) is 3.94. The SMILES string of the molecule is C=C(C)CN(CC)c1cc(Cl)ccc1C(=O)O. The number of hydrogen-bond donors (Lipinski definition) is 1. The number of likely N-dealkylation sites (N-methyl/N-ethyl adjacent to an activating group) is 1. The molecule has 0 aliphatic carbocycles. The Bertz CT molecular complexity index is 443. The molecule has 0 spiro atoms. The normalized spacial score (nSPS) is 10.1. The molecule has 1 aromatic rings. The molecule has 0 heterocycles. The lowest BCUT2D eigenvalue weighted by Gasteiger charge is -2.25. The lowest BCUT2D eigenvalue weighted by molar-refractivity contribution is 0.0697. The second kappa shape index (κ2) is 5.73. The van der Waals surface area contributed by atoms with Crippen molar-refractivity contribution in [3.05, 3.63) is 40.9 Å². The number of rotatable bonds is 5. The average molecular weight is 254 g/mol. The number of halogens is 1. The summed E-state index contributed by atoms with van der Waals surface area (Å²) in [6.07, 6.45) is 0. The number of carboxylic acid groups (broad SMARTS) is 1. The maximum Gasteiger partial charge on any atom is 0.337 e. The zero-order chi connectivity index (χ0) is 13.0. The number of nitrogens with zero attached hydrogens (tertiary/aromatic N) is 1. The molecular formula is C13H16ClNO2. The van der Waals surface area contributed by atoms with E-state index in [1.807, 2.05) is 18.7 Å². The van der Waals surface area contributed by atoms with Gasteiger partial charge in [-0.2, -0.15) is 0 Å². The Morgan fingerprint density at radius 1 is 1.53 bits per heavy atom. The highest BCUT2D eigenvalue weighted by Gasteiger charge is 2.15. The first-order valence-electron chi connectivity index (χ1n) is 5.38. The van der Waals surface area contributed by atoms with Crippen molar-refractivity contribution in [2.45, 2.75) is 13.8 Å². The van der Waals surface area contributed by atoms with E-state index < -0.39 is 5.97 Å². The van der Waals surface area contributed by atoms with E-state index in [1.54, 1.807) is 12.1 Å². The summed E-state index contributed by atoms with van der Waals surface area (Å²) in [6.45, 7) is 9.05. The van der Waals surface area contributed by atoms with Crippen LogP contribution in [-0.2, 0) is 0 Å². The van der Waals surface area contributed by atoms with Crippen LogP contribution >= 0.6 is 11.6 Å². The largest absolute Gasteiger partial charge is 0.478 e. The van der Waals surface area contributed by atoms with Crippen molar-refractivity contribution in [2.75, 3.05) is 18.0 Å². The molecule has 0 bridgehead atoms. The first kappa shape index (κ1) is 13.6. The van der Waals surface area contributed by atoms with Crippen molar-refractivity contribution < 1.29 is 9.90 Å². The summed E-state index contributed by atoms with van der Waals surface area (Å²) in [6, 6.07) is 4.79. The fourth-order valence-electron chi connectivity index (χ4n) is 1.64. The predicted octanol–water partition coefficient (Wildman–Crippen LogP) is 3.44. The Balaban J connectivity index is 3.20. The van der Waals surface area contributed by atoms with Crippen LogP contribution in [0.1, 0.15) is 24.2 Å². The van der Waals surface area contributed by atoms with Gasteiger partial charge < -0.3 is 10.0 Å². The number of carbonyl (C=O) groups is 1. The molecule has 1 aromatic carbocycles. The zero-order valence-electron chi connectivity index (χ0n) is 10.0. The summed E-state index contributed by atoms with van der Waals surface area (Å²) in [5, 5.41) is 9.68. The highest BCUT2D eigenvalue weighted by Crippen LogP contribution is 2.25. The Kier molecular flexibility index (Phi) is 4.58. The third-order valence-electron chi connectivity index (χ3n) is 2.37. The van der Waals surface area contributed by atoms with Crippen molar-refractivity contribution in [3.8, 4) is 0 Å². The summed E-state index contributed by atoms with van der Waals surface area (Å²) in [5.41, 5.74) is 1.87. The van der Waals surface area contributed by atoms with Crippen LogP contribution < -0.4 is 4.90 Å². The Hall–Kier alpha value is -1.48. The molecule has 0 aliphatic rings. The van der Waals surface area contributed by atoms with E-state index >= 15 is 0 Å². The topological polar surface area (TPSA) is 40.5 Å². The molecule has 0 saturated carbocycles. The maximum atomic E-state index is 11.1. The maximum absolute atomic E-state index is 11.1. The molecule has 0 saturated heterocycles. The average Bonchev–Trinajstić information content (AvgIpc) is 2.25. The van der Waals surface area contributed by atoms with Gasteiger partial charge in [0.05, 0.1) is 11.3 Å². The van der Waals surface area contributed by atoms with Crippen LogP contribution in [0, 0.1) is 0 Å². The minimum Gasteiger partial charge on any atom is -0.478 e. The quantitative estimate of drug-likeness (QED) is 0.818. The summed E-state index contributed by atoms with van der Waals surface area (Å²) in [4.78, 5) is 13.1. The van der Waals surface area contributed by atoms with Crippen molar-refractivity contribution in [1.29, 1.82) is 0 Å². The van der Waals surface area contributed by atoms with Crippen LogP contribution in [0.25, 0.3) is 0 Å². The van der Waals surface area contributed by atoms with Gasteiger partial charge in [-0.05, 0) is 32.0 Å². The van der Waals surface area contributed by atoms with Crippen LogP contribution in [0.5, 0.6) is 0 Å². The first-order chi connectivity index (χ1) is 7.95. The minimum absolute atomic E-state index is 0.262. The first-order valence-corrected chi connectivity index (χ1v) is 5.75. The molecular weight excluding hydrogens is 238 g/mol. The highest BCUT2D eigenvalue weighted by molar-refractivity contribution is 6.31. The van der Waals surface area contributed by atoms with Gasteiger partial charge in [-0.1, -0.05) is 23.8 Å². The van der Waals surface area contributed by atoms with Gasteiger partial charge in [-0.15, -0.1) is 0 Å². The molecule has 1 N–H and O–H groups in total. The third kappa shape index (κ3) is 3.49. The molecule has 4 heteroatoms. The molecule has 17 heavy (non-hydrogen) atoms. The van der Waals surface area contributed by atoms with E-state index in [4.69, 9.17) is 16.7 Å². The molecule has 0 amide bonds. The standard InChI is InChI=1S/C13H16ClNO2/c1-4-15(8-9(2)3)12-7-10(14)5-6-11(12)13(16)17/h5-7H,2,4,8H2,1,3H3,(H,16,17). The lowest BCUT2D eigenvalue weighted by atomic mass is 10.1. The number of aromatic carboxylic acids is 1. The van der Waals surface area contributed by atoms with Gasteiger partial charge in [0, 0.05) is 18.1 Å². The molecule has 92 valence electrons. The van der Waals surface area contributed by atoms with Crippen molar-refractivity contribution in [1.82, 2.24) is 0 Å². The number of carboxylic acids is 1. The van der Waals surface area contributed by atoms with Gasteiger partial charge in [-0.3, -0.25) is 0 Å². The van der Waals surface area contributed by atoms with Crippen LogP contribution in [0.4, 0.5) is 5.69 Å². The van der Waals surface area contributed by atoms with Gasteiger partial charge in [0.25, 0.3) is 0 Å². The van der Waals surface area contributed by atoms with Crippen molar-refractivity contribution in [3.63, 3.8) is 0 Å². The van der Waals surface area contributed by atoms with Crippen LogP contribution in [0.2, 0.25) is 5.02 Å². The molecule has 1 rings (SSSR count). The van der Waals surface area contributed by atoms with Gasteiger partial charge in [0.2, 0.25) is 0 Å². The van der Waals surface area contributed by atoms with Crippen LogP contribution in [0.15, 0.2) is 30.4 Å². The highest BCUT2D eigenvalue weighted by atomic mass is 35.5. The van der Waals surface area contributed by atoms with E-state index in [2.05, 4.69) is 6.58 Å². The summed E-state index contributed by atoms with van der Waals surface area (Å²) in [7, 11) is 0. The van der Waals surface area contributed by atoms with Crippen molar-refractivity contribution >= 4 is 23.3 Å². The Morgan fingerprint density at radius 2 is 2.18 bits per heavy atom. The minimum atomic E-state index is -0.947. The van der Waals surface area contributed by atoms with E-state index in [-0.39, 0.29) is 5.56 Å². The van der Waals surface area contributed by atoms with Gasteiger partial charge in [0.15, 0.2) is 0 Å². The number of anilines is 1. The zero-order valence-corrected chi connectivity index (χ0v) is 10.8. The van der Waals surface area contributed by atoms with Gasteiger partial charge in [-0.25, -0.2) is 4.79 Å². The predicted molar refractivity (Wildman–Crippen MR) is 71.1 cm³/mol. The molecule has 0 unspecified atom stereocenters. The lowest BCUT2D eigenvalue weighted by Crippen LogP contribution is -2.26. The molecule has 0 aliphatic heterocycles. The third-order valence-corrected chi connectivity index (χ3v) is 2.61. The number of benzene rings is 1. The number of hydrogen-bond acceptors (Lipinski definition) is 2. The molecule has 0 fully saturated rings. The molecule has 3 nitrogen and oxygen atoms in total. The van der Waals surface area contributed by atoms with E-state index in [9.17, 15) is 4.79 Å².